The lowest BCUT2D eigenvalue weighted by atomic mass is 9.95. The molecule has 0 bridgehead atoms. The summed E-state index contributed by atoms with van der Waals surface area (Å²) in [5.41, 5.74) is 1.79. The van der Waals surface area contributed by atoms with Crippen LogP contribution in [-0.4, -0.2) is 151 Å². The smallest absolute Gasteiger partial charge is 0.329 e. The molecule has 1 aliphatic heterocycles. The van der Waals surface area contributed by atoms with Gasteiger partial charge in [-0.25, -0.2) is 4.79 Å². The summed E-state index contributed by atoms with van der Waals surface area (Å²) in [5.74, 6) is -5.94. The van der Waals surface area contributed by atoms with E-state index in [2.05, 4.69) is 31.6 Å². The highest BCUT2D eigenvalue weighted by molar-refractivity contribution is 5.98. The molecule has 0 aliphatic carbocycles. The topological polar surface area (TPSA) is 267 Å². The van der Waals surface area contributed by atoms with Crippen molar-refractivity contribution < 1.29 is 57.7 Å². The molecule has 0 radical (unpaired) electrons. The van der Waals surface area contributed by atoms with Crippen molar-refractivity contribution in [3.8, 4) is 11.5 Å². The molecular formula is C47H66N8O12. The number of hydrogen-bond donors (Lipinski definition) is 7. The highest BCUT2D eigenvalue weighted by Crippen LogP contribution is 2.27. The van der Waals surface area contributed by atoms with E-state index in [1.165, 1.54) is 49.1 Å². The number of cyclic esters (lactones) is 1. The number of carbonyl (C=O) groups is 8. The molecule has 1 saturated heterocycles. The van der Waals surface area contributed by atoms with Crippen molar-refractivity contribution in [1.82, 2.24) is 41.4 Å². The second-order valence-corrected chi connectivity index (χ2v) is 17.4. The molecule has 4 rings (SSSR count). The average Bonchev–Trinajstić information content (AvgIpc) is 3.70. The summed E-state index contributed by atoms with van der Waals surface area (Å²) < 4.78 is 16.7. The Labute approximate surface area is 390 Å². The van der Waals surface area contributed by atoms with Crippen LogP contribution in [-0.2, 0) is 55.9 Å². The van der Waals surface area contributed by atoms with E-state index >= 15 is 0 Å². The number of H-pyrrole nitrogens is 1. The van der Waals surface area contributed by atoms with Crippen LogP contribution in [0.3, 0.4) is 0 Å². The van der Waals surface area contributed by atoms with E-state index in [-0.39, 0.29) is 12.8 Å². The zero-order valence-electron chi connectivity index (χ0n) is 40.0. The maximum Gasteiger partial charge on any atom is 0.329 e. The maximum atomic E-state index is 14.7. The minimum absolute atomic E-state index is 0.127. The minimum atomic E-state index is -1.72. The fourth-order valence-electron chi connectivity index (χ4n) is 7.98. The Morgan fingerprint density at radius 3 is 2.07 bits per heavy atom. The molecule has 7 amide bonds. The number of hydrogen-bond acceptors (Lipinski definition) is 12. The van der Waals surface area contributed by atoms with E-state index in [0.717, 1.165) is 9.80 Å². The molecule has 20 nitrogen and oxygen atoms in total. The van der Waals surface area contributed by atoms with Crippen LogP contribution in [0.15, 0.2) is 48.7 Å². The van der Waals surface area contributed by atoms with E-state index in [1.807, 2.05) is 6.92 Å². The summed E-state index contributed by atoms with van der Waals surface area (Å²) in [6, 6.07) is 2.03. The van der Waals surface area contributed by atoms with Gasteiger partial charge in [-0.3, -0.25) is 33.6 Å². The van der Waals surface area contributed by atoms with E-state index < -0.39 is 108 Å². The highest BCUT2D eigenvalue weighted by Gasteiger charge is 2.42. The van der Waals surface area contributed by atoms with Crippen molar-refractivity contribution in [2.24, 2.45) is 11.8 Å². The fraction of sp³-hybridized carbons (Fsp3) is 0.532. The highest BCUT2D eigenvalue weighted by atomic mass is 16.5. The average molecular weight is 935 g/mol. The molecule has 2 heterocycles. The number of fused-ring (bicyclic) bond motifs is 1. The van der Waals surface area contributed by atoms with Crippen LogP contribution >= 0.6 is 0 Å². The predicted octanol–water partition coefficient (Wildman–Crippen LogP) is 0.726. The maximum absolute atomic E-state index is 14.7. The molecule has 1 aliphatic rings. The third kappa shape index (κ3) is 13.0. The van der Waals surface area contributed by atoms with Gasteiger partial charge < -0.3 is 60.7 Å². The lowest BCUT2D eigenvalue weighted by Crippen LogP contribution is -2.62. The lowest BCUT2D eigenvalue weighted by Gasteiger charge is -2.36. The first-order valence-corrected chi connectivity index (χ1v) is 22.3. The third-order valence-electron chi connectivity index (χ3n) is 12.2. The second-order valence-electron chi connectivity index (χ2n) is 17.4. The van der Waals surface area contributed by atoms with Crippen molar-refractivity contribution in [2.75, 3.05) is 28.3 Å². The predicted molar refractivity (Wildman–Crippen MR) is 246 cm³/mol. The number of benzene rings is 2. The van der Waals surface area contributed by atoms with Gasteiger partial charge >= 0.3 is 5.97 Å². The number of likely N-dealkylation sites (N-methyl/N-ethyl adjacent to an activating group) is 2. The zero-order valence-corrected chi connectivity index (χ0v) is 40.0. The molecule has 0 spiro atoms. The largest absolute Gasteiger partial charge is 0.497 e. The molecule has 1 fully saturated rings. The Hall–Kier alpha value is -6.70. The summed E-state index contributed by atoms with van der Waals surface area (Å²) in [7, 11) is 5.66. The molecule has 2 aromatic carbocycles. The number of nitrogens with one attached hydrogen (secondary N) is 6. The van der Waals surface area contributed by atoms with Crippen LogP contribution in [0, 0.1) is 11.8 Å². The number of rotatable bonds is 14. The molecule has 10 atom stereocenters. The van der Waals surface area contributed by atoms with Crippen LogP contribution in [0.5, 0.6) is 11.5 Å². The van der Waals surface area contributed by atoms with Gasteiger partial charge in [-0.1, -0.05) is 46.2 Å². The lowest BCUT2D eigenvalue weighted by molar-refractivity contribution is -0.162. The Morgan fingerprint density at radius 1 is 0.851 bits per heavy atom. The Bertz CT molecular complexity index is 2250. The first-order valence-electron chi connectivity index (χ1n) is 22.3. The van der Waals surface area contributed by atoms with E-state index in [1.54, 1.807) is 69.4 Å². The van der Waals surface area contributed by atoms with Gasteiger partial charge in [0.2, 0.25) is 41.9 Å². The molecule has 3 aromatic rings. The molecule has 7 N–H and O–H groups in total. The molecule has 0 unspecified atom stereocenters. The first kappa shape index (κ1) is 52.9. The van der Waals surface area contributed by atoms with Crippen LogP contribution in [0.1, 0.15) is 66.0 Å². The number of amides is 7. The van der Waals surface area contributed by atoms with Gasteiger partial charge in [-0.2, -0.15) is 0 Å². The summed E-state index contributed by atoms with van der Waals surface area (Å²) in [6.07, 6.45) is -0.974. The van der Waals surface area contributed by atoms with Crippen molar-refractivity contribution >= 4 is 58.7 Å². The summed E-state index contributed by atoms with van der Waals surface area (Å²) >= 11 is 0. The summed E-state index contributed by atoms with van der Waals surface area (Å²) in [5, 5.41) is 24.7. The Balaban J connectivity index is 1.92. The van der Waals surface area contributed by atoms with E-state index in [9.17, 15) is 43.5 Å². The van der Waals surface area contributed by atoms with E-state index in [0.29, 0.717) is 46.4 Å². The van der Waals surface area contributed by atoms with Crippen LogP contribution in [0.25, 0.3) is 10.9 Å². The van der Waals surface area contributed by atoms with Crippen LogP contribution in [0.4, 0.5) is 0 Å². The van der Waals surface area contributed by atoms with Gasteiger partial charge in [-0.15, -0.1) is 0 Å². The van der Waals surface area contributed by atoms with Crippen molar-refractivity contribution in [3.05, 3.63) is 59.8 Å². The standard InChI is InChI=1S/C47H66N8O12/c1-12-25(4)40-44(61)52-38(27(6)57)46(63)54(8)36(20-30-22-48-34-18-17-32(66-11)21-33(30)34)47(64)67-28(7)39(53-42(59)37(24(2)3)49-23-56)43(60)51-35(19-29-13-15-31(65-10)16-14-29)41(58)50-26(5)45(62)55(40)9/h13-18,21-28,35-40,48,57H,12,19-20H2,1-11H3,(H,49,56)(H,50,58)(H,51,60)(H,52,61)(H,53,59)/t25-,26+,27-,28+,35+,36-,37-,38-,39-,40+/m0/s1. The quantitative estimate of drug-likeness (QED) is 0.0872. The van der Waals surface area contributed by atoms with Crippen molar-refractivity contribution in [2.45, 2.75) is 122 Å². The molecule has 366 valence electrons. The molecule has 67 heavy (non-hydrogen) atoms. The summed E-state index contributed by atoms with van der Waals surface area (Å²) in [6.45, 7) is 10.9. The van der Waals surface area contributed by atoms with Gasteiger partial charge in [0.15, 0.2) is 0 Å². The van der Waals surface area contributed by atoms with Crippen LogP contribution < -0.4 is 36.1 Å². The van der Waals surface area contributed by atoms with Gasteiger partial charge in [-0.05, 0) is 74.1 Å². The number of methoxy groups -OCH3 is 2. The zero-order chi connectivity index (χ0) is 49.9. The van der Waals surface area contributed by atoms with Gasteiger partial charge in [0.1, 0.15) is 59.9 Å². The van der Waals surface area contributed by atoms with Crippen molar-refractivity contribution in [3.63, 3.8) is 0 Å². The summed E-state index contributed by atoms with van der Waals surface area (Å²) in [4.78, 5) is 117. The Morgan fingerprint density at radius 2 is 1.49 bits per heavy atom. The first-order chi connectivity index (χ1) is 31.7. The number of esters is 1. The number of nitrogens with zero attached hydrogens (tertiary/aromatic N) is 2. The third-order valence-corrected chi connectivity index (χ3v) is 12.2. The number of aromatic amines is 1. The van der Waals surface area contributed by atoms with Crippen LogP contribution in [0.2, 0.25) is 0 Å². The van der Waals surface area contributed by atoms with Gasteiger partial charge in [0.05, 0.1) is 20.3 Å². The van der Waals surface area contributed by atoms with Crippen molar-refractivity contribution in [1.29, 1.82) is 0 Å². The number of aromatic nitrogens is 1. The molecular weight excluding hydrogens is 869 g/mol. The fourth-order valence-corrected chi connectivity index (χ4v) is 7.98. The number of aliphatic hydroxyl groups excluding tert-OH is 1. The Kier molecular flexibility index (Phi) is 18.7. The normalized spacial score (nSPS) is 24.2. The number of carbonyl (C=O) groups excluding carboxylic acids is 8. The molecule has 1 aromatic heterocycles. The number of aliphatic hydroxyl groups is 1. The minimum Gasteiger partial charge on any atom is -0.497 e. The molecule has 0 saturated carbocycles. The SMILES string of the molecule is CC[C@H](C)[C@@H]1C(=O)N[C@@H]([C@H](C)O)C(=O)N(C)[C@@H](Cc2c[nH]c3ccc(OC)cc23)C(=O)O[C@H](C)[C@H](NC(=O)[C@@H](NC=O)C(C)C)C(=O)N[C@H](Cc2ccc(OC)cc2)C(=O)N[C@H](C)C(=O)N1C. The second kappa shape index (κ2) is 23.7. The van der Waals surface area contributed by atoms with E-state index in [4.69, 9.17) is 14.2 Å². The molecule has 20 heteroatoms. The van der Waals surface area contributed by atoms with Gasteiger partial charge in [0, 0.05) is 44.0 Å². The monoisotopic (exact) mass is 934 g/mol. The van der Waals surface area contributed by atoms with Gasteiger partial charge in [0.25, 0.3) is 0 Å². The number of ether oxygens (including phenoxy) is 3.